The normalized spacial score (nSPS) is 9.86. The van der Waals surface area contributed by atoms with Crippen LogP contribution >= 0.6 is 15.9 Å². The van der Waals surface area contributed by atoms with Crippen molar-refractivity contribution in [1.29, 1.82) is 0 Å². The summed E-state index contributed by atoms with van der Waals surface area (Å²) < 4.78 is 12.9. The highest BCUT2D eigenvalue weighted by Gasteiger charge is 2.19. The van der Waals surface area contributed by atoms with Gasteiger partial charge in [0.05, 0.1) is 11.0 Å². The number of hydrogen-bond acceptors (Lipinski definition) is 3. The van der Waals surface area contributed by atoms with Gasteiger partial charge in [-0.25, -0.2) is 9.18 Å². The number of aromatic carboxylic acids is 1. The van der Waals surface area contributed by atoms with Crippen molar-refractivity contribution in [1.82, 2.24) is 0 Å². The summed E-state index contributed by atoms with van der Waals surface area (Å²) in [7, 11) is 0. The first-order chi connectivity index (χ1) is 6.43. The van der Waals surface area contributed by atoms with E-state index in [1.807, 2.05) is 0 Å². The van der Waals surface area contributed by atoms with Crippen molar-refractivity contribution in [3.05, 3.63) is 38.1 Å². The molecule has 0 aromatic heterocycles. The molecule has 0 aliphatic carbocycles. The van der Waals surface area contributed by atoms with E-state index in [1.54, 1.807) is 0 Å². The van der Waals surface area contributed by atoms with Crippen LogP contribution in [0.3, 0.4) is 0 Å². The Hall–Kier alpha value is -1.50. The molecule has 1 aromatic carbocycles. The summed E-state index contributed by atoms with van der Waals surface area (Å²) in [5, 5.41) is 18.8. The Balaban J connectivity index is 3.39. The Kier molecular flexibility index (Phi) is 2.80. The third kappa shape index (κ3) is 1.87. The van der Waals surface area contributed by atoms with Crippen LogP contribution < -0.4 is 0 Å². The van der Waals surface area contributed by atoms with Crippen LogP contribution in [-0.2, 0) is 0 Å². The van der Waals surface area contributed by atoms with Gasteiger partial charge in [0.2, 0.25) is 0 Å². The number of non-ortho nitro benzene ring substituents is 1. The molecule has 1 rings (SSSR count). The van der Waals surface area contributed by atoms with E-state index in [1.165, 1.54) is 0 Å². The van der Waals surface area contributed by atoms with E-state index in [4.69, 9.17) is 5.11 Å². The van der Waals surface area contributed by atoms with E-state index in [0.29, 0.717) is 6.07 Å². The highest BCUT2D eigenvalue weighted by Crippen LogP contribution is 2.25. The van der Waals surface area contributed by atoms with Crippen LogP contribution in [0, 0.1) is 15.9 Å². The highest BCUT2D eigenvalue weighted by molar-refractivity contribution is 9.10. The summed E-state index contributed by atoms with van der Waals surface area (Å²) in [6.45, 7) is 0. The van der Waals surface area contributed by atoms with E-state index in [9.17, 15) is 19.3 Å². The lowest BCUT2D eigenvalue weighted by Gasteiger charge is -2.00. The second-order valence-corrected chi connectivity index (χ2v) is 3.20. The largest absolute Gasteiger partial charge is 0.478 e. The van der Waals surface area contributed by atoms with Crippen LogP contribution in [0.15, 0.2) is 16.6 Å². The van der Waals surface area contributed by atoms with Gasteiger partial charge in [-0.1, -0.05) is 0 Å². The Morgan fingerprint density at radius 3 is 2.50 bits per heavy atom. The fraction of sp³-hybridized carbons (Fsp3) is 0. The van der Waals surface area contributed by atoms with Crippen molar-refractivity contribution in [2.24, 2.45) is 0 Å². The minimum absolute atomic E-state index is 0.156. The summed E-state index contributed by atoms with van der Waals surface area (Å²) in [6.07, 6.45) is 0. The number of rotatable bonds is 2. The third-order valence-electron chi connectivity index (χ3n) is 1.45. The van der Waals surface area contributed by atoms with Gasteiger partial charge in [0, 0.05) is 10.5 Å². The van der Waals surface area contributed by atoms with E-state index in [-0.39, 0.29) is 4.47 Å². The van der Waals surface area contributed by atoms with Gasteiger partial charge < -0.3 is 5.11 Å². The van der Waals surface area contributed by atoms with Crippen molar-refractivity contribution in [3.8, 4) is 0 Å². The maximum atomic E-state index is 13.0. The average molecular weight is 264 g/mol. The minimum atomic E-state index is -1.48. The van der Waals surface area contributed by atoms with E-state index in [2.05, 4.69) is 15.9 Å². The van der Waals surface area contributed by atoms with Gasteiger partial charge in [-0.2, -0.15) is 0 Å². The smallest absolute Gasteiger partial charge is 0.339 e. The van der Waals surface area contributed by atoms with Crippen LogP contribution in [0.25, 0.3) is 0 Å². The van der Waals surface area contributed by atoms with E-state index >= 15 is 0 Å². The first-order valence-corrected chi connectivity index (χ1v) is 4.09. The summed E-state index contributed by atoms with van der Waals surface area (Å²) in [5.74, 6) is -2.62. The van der Waals surface area contributed by atoms with Gasteiger partial charge in [-0.15, -0.1) is 0 Å². The highest BCUT2D eigenvalue weighted by atomic mass is 79.9. The topological polar surface area (TPSA) is 80.4 Å². The molecule has 0 heterocycles. The SMILES string of the molecule is O=C(O)c1c(F)cc([N+](=O)[O-])cc1Br. The molecule has 0 saturated carbocycles. The van der Waals surface area contributed by atoms with Crippen LogP contribution in [-0.4, -0.2) is 16.0 Å². The fourth-order valence-corrected chi connectivity index (χ4v) is 1.46. The lowest BCUT2D eigenvalue weighted by Crippen LogP contribution is -2.03. The lowest BCUT2D eigenvalue weighted by molar-refractivity contribution is -0.385. The van der Waals surface area contributed by atoms with E-state index in [0.717, 1.165) is 6.07 Å². The molecule has 0 aliphatic heterocycles. The van der Waals surface area contributed by atoms with Crippen molar-refractivity contribution in [2.75, 3.05) is 0 Å². The zero-order chi connectivity index (χ0) is 10.9. The monoisotopic (exact) mass is 263 g/mol. The number of carboxylic acids is 1. The van der Waals surface area contributed by atoms with Crippen molar-refractivity contribution >= 4 is 27.6 Å². The molecule has 0 amide bonds. The molecule has 0 atom stereocenters. The number of nitrogens with zero attached hydrogens (tertiary/aromatic N) is 1. The Morgan fingerprint density at radius 2 is 2.14 bits per heavy atom. The van der Waals surface area contributed by atoms with E-state index < -0.39 is 28.0 Å². The quantitative estimate of drug-likeness (QED) is 0.655. The number of hydrogen-bond donors (Lipinski definition) is 1. The molecule has 0 radical (unpaired) electrons. The van der Waals surface area contributed by atoms with Gasteiger partial charge in [-0.05, 0) is 15.9 Å². The maximum absolute atomic E-state index is 13.0. The van der Waals surface area contributed by atoms with Gasteiger partial charge in [0.25, 0.3) is 5.69 Å². The molecule has 1 N–H and O–H groups in total. The second kappa shape index (κ2) is 3.70. The molecule has 5 nitrogen and oxygen atoms in total. The standard InChI is InChI=1S/C7H3BrFNO4/c8-4-1-3(10(13)14)2-5(9)6(4)7(11)12/h1-2H,(H,11,12). The Labute approximate surface area is 85.4 Å². The summed E-state index contributed by atoms with van der Waals surface area (Å²) in [6, 6.07) is 1.50. The van der Waals surface area contributed by atoms with Gasteiger partial charge in [0.15, 0.2) is 0 Å². The zero-order valence-corrected chi connectivity index (χ0v) is 8.12. The molecule has 0 aliphatic rings. The maximum Gasteiger partial charge on any atom is 0.339 e. The molecule has 0 saturated heterocycles. The van der Waals surface area contributed by atoms with Crippen LogP contribution in [0.2, 0.25) is 0 Å². The van der Waals surface area contributed by atoms with Gasteiger partial charge in [0.1, 0.15) is 11.4 Å². The van der Waals surface area contributed by atoms with Crippen molar-refractivity contribution in [3.63, 3.8) is 0 Å². The summed E-state index contributed by atoms with van der Waals surface area (Å²) in [5.41, 5.74) is -1.12. The number of benzene rings is 1. The lowest BCUT2D eigenvalue weighted by atomic mass is 10.2. The Bertz CT molecular complexity index is 397. The first kappa shape index (κ1) is 10.6. The number of nitro benzene ring substituents is 1. The van der Waals surface area contributed by atoms with Crippen molar-refractivity contribution in [2.45, 2.75) is 0 Å². The number of nitro groups is 1. The molecular formula is C7H3BrFNO4. The predicted molar refractivity (Wildman–Crippen MR) is 47.7 cm³/mol. The minimum Gasteiger partial charge on any atom is -0.478 e. The molecular weight excluding hydrogens is 261 g/mol. The third-order valence-corrected chi connectivity index (χ3v) is 2.08. The molecule has 0 bridgehead atoms. The zero-order valence-electron chi connectivity index (χ0n) is 6.53. The van der Waals surface area contributed by atoms with Crippen molar-refractivity contribution < 1.29 is 19.2 Å². The second-order valence-electron chi connectivity index (χ2n) is 2.35. The molecule has 14 heavy (non-hydrogen) atoms. The molecule has 0 spiro atoms. The van der Waals surface area contributed by atoms with Crippen LogP contribution in [0.5, 0.6) is 0 Å². The van der Waals surface area contributed by atoms with Crippen LogP contribution in [0.4, 0.5) is 10.1 Å². The molecule has 74 valence electrons. The number of carbonyl (C=O) groups is 1. The summed E-state index contributed by atoms with van der Waals surface area (Å²) >= 11 is 2.74. The summed E-state index contributed by atoms with van der Waals surface area (Å²) in [4.78, 5) is 19.9. The first-order valence-electron chi connectivity index (χ1n) is 3.30. The predicted octanol–water partition coefficient (Wildman–Crippen LogP) is 2.19. The van der Waals surface area contributed by atoms with Crippen LogP contribution in [0.1, 0.15) is 10.4 Å². The average Bonchev–Trinajstić information content (AvgIpc) is 2.01. The number of halogens is 2. The number of carboxylic acid groups (broad SMARTS) is 1. The van der Waals surface area contributed by atoms with Gasteiger partial charge >= 0.3 is 5.97 Å². The van der Waals surface area contributed by atoms with Gasteiger partial charge in [-0.3, -0.25) is 10.1 Å². The Morgan fingerprint density at radius 1 is 1.57 bits per heavy atom. The molecule has 0 fully saturated rings. The molecule has 7 heteroatoms. The fourth-order valence-electron chi connectivity index (χ4n) is 0.869. The molecule has 1 aromatic rings. The molecule has 0 unspecified atom stereocenters.